The molecule has 2 N–H and O–H groups in total. The van der Waals surface area contributed by atoms with Crippen molar-refractivity contribution in [1.82, 2.24) is 0 Å². The second-order valence-electron chi connectivity index (χ2n) is 4.04. The predicted octanol–water partition coefficient (Wildman–Crippen LogP) is 2.20. The minimum absolute atomic E-state index is 0.152. The third-order valence-electron chi connectivity index (χ3n) is 2.62. The van der Waals surface area contributed by atoms with Crippen molar-refractivity contribution in [1.29, 1.82) is 0 Å². The lowest BCUT2D eigenvalue weighted by atomic mass is 9.96. The fourth-order valence-corrected chi connectivity index (χ4v) is 1.65. The van der Waals surface area contributed by atoms with Crippen LogP contribution in [0.4, 0.5) is 4.39 Å². The minimum Gasteiger partial charge on any atom is -0.464 e. The maximum absolute atomic E-state index is 13.8. The summed E-state index contributed by atoms with van der Waals surface area (Å²) < 4.78 is 18.4. The topological polar surface area (TPSA) is 52.3 Å². The Morgan fingerprint density at radius 3 is 2.71 bits per heavy atom. The number of carbonyl (C=O) groups is 1. The smallest absolute Gasteiger partial charge is 0.342 e. The number of rotatable bonds is 4. The van der Waals surface area contributed by atoms with Crippen molar-refractivity contribution < 1.29 is 13.9 Å². The molecule has 94 valence electrons. The van der Waals surface area contributed by atoms with E-state index >= 15 is 0 Å². The Labute approximate surface area is 101 Å². The van der Waals surface area contributed by atoms with Crippen molar-refractivity contribution in [3.05, 3.63) is 34.9 Å². The third kappa shape index (κ3) is 3.27. The fraction of sp³-hybridized carbons (Fsp3) is 0.462. The number of aryl methyl sites for hydroxylation is 2. The number of hydrogen-bond donors (Lipinski definition) is 1. The summed E-state index contributed by atoms with van der Waals surface area (Å²) in [6.07, 6.45) is -1.82. The number of ether oxygens (including phenoxy) is 1. The average Bonchev–Trinajstić information content (AvgIpc) is 2.30. The molecule has 0 aliphatic rings. The number of halogens is 1. The van der Waals surface area contributed by atoms with E-state index < -0.39 is 18.2 Å². The van der Waals surface area contributed by atoms with Crippen molar-refractivity contribution in [2.45, 2.75) is 33.0 Å². The molecule has 0 heterocycles. The van der Waals surface area contributed by atoms with E-state index in [0.717, 1.165) is 11.1 Å². The zero-order valence-electron chi connectivity index (χ0n) is 10.4. The Balaban J connectivity index is 2.91. The van der Waals surface area contributed by atoms with Gasteiger partial charge in [0.25, 0.3) is 0 Å². The zero-order valence-corrected chi connectivity index (χ0v) is 10.4. The van der Waals surface area contributed by atoms with Gasteiger partial charge in [-0.3, -0.25) is 0 Å². The molecule has 0 aliphatic heterocycles. The van der Waals surface area contributed by atoms with Crippen molar-refractivity contribution in [3.8, 4) is 0 Å². The van der Waals surface area contributed by atoms with Crippen LogP contribution < -0.4 is 5.73 Å². The minimum atomic E-state index is -1.82. The van der Waals surface area contributed by atoms with E-state index in [4.69, 9.17) is 5.73 Å². The summed E-state index contributed by atoms with van der Waals surface area (Å²) in [5.41, 5.74) is 8.26. The molecule has 0 fully saturated rings. The normalized spacial score (nSPS) is 14.2. The molecule has 1 aromatic rings. The molecule has 1 unspecified atom stereocenters. The van der Waals surface area contributed by atoms with E-state index in [9.17, 15) is 9.18 Å². The van der Waals surface area contributed by atoms with E-state index in [0.29, 0.717) is 5.56 Å². The Hall–Kier alpha value is -1.42. The Morgan fingerprint density at radius 1 is 1.47 bits per heavy atom. The van der Waals surface area contributed by atoms with E-state index in [1.54, 1.807) is 13.0 Å². The van der Waals surface area contributed by atoms with Gasteiger partial charge in [0.1, 0.15) is 0 Å². The zero-order chi connectivity index (χ0) is 13.0. The summed E-state index contributed by atoms with van der Waals surface area (Å²) in [6, 6.07) is 4.60. The van der Waals surface area contributed by atoms with Crippen LogP contribution in [-0.2, 0) is 9.53 Å². The molecule has 1 aromatic carbocycles. The van der Waals surface area contributed by atoms with Gasteiger partial charge in [0.2, 0.25) is 6.17 Å². The molecule has 0 amide bonds. The highest BCUT2D eigenvalue weighted by Crippen LogP contribution is 2.22. The number of esters is 1. The first-order valence-electron chi connectivity index (χ1n) is 5.60. The van der Waals surface area contributed by atoms with Crippen LogP contribution in [0.5, 0.6) is 0 Å². The van der Waals surface area contributed by atoms with Gasteiger partial charge < -0.3 is 10.5 Å². The van der Waals surface area contributed by atoms with Gasteiger partial charge in [0.15, 0.2) is 0 Å². The molecular formula is C13H18FNO2. The number of hydrogen-bond acceptors (Lipinski definition) is 3. The van der Waals surface area contributed by atoms with Crippen LogP contribution in [0.25, 0.3) is 0 Å². The molecule has 4 heteroatoms. The summed E-state index contributed by atoms with van der Waals surface area (Å²) >= 11 is 0. The van der Waals surface area contributed by atoms with E-state index in [-0.39, 0.29) is 6.61 Å². The van der Waals surface area contributed by atoms with Gasteiger partial charge in [-0.1, -0.05) is 23.8 Å². The largest absolute Gasteiger partial charge is 0.464 e. The summed E-state index contributed by atoms with van der Waals surface area (Å²) in [4.78, 5) is 11.3. The summed E-state index contributed by atoms with van der Waals surface area (Å²) in [7, 11) is 0. The van der Waals surface area contributed by atoms with Crippen LogP contribution in [0.15, 0.2) is 18.2 Å². The van der Waals surface area contributed by atoms with Crippen LogP contribution in [0.3, 0.4) is 0 Å². The molecule has 3 nitrogen and oxygen atoms in total. The van der Waals surface area contributed by atoms with Crippen molar-refractivity contribution in [2.75, 3.05) is 6.61 Å². The SMILES string of the molecule is CCOC(=O)C(F)[C@@H](N)c1cc(C)ccc1C. The predicted molar refractivity (Wildman–Crippen MR) is 64.4 cm³/mol. The Kier molecular flexibility index (Phi) is 4.63. The van der Waals surface area contributed by atoms with Crippen LogP contribution in [-0.4, -0.2) is 18.7 Å². The summed E-state index contributed by atoms with van der Waals surface area (Å²) in [5, 5.41) is 0. The maximum atomic E-state index is 13.8. The van der Waals surface area contributed by atoms with Gasteiger partial charge in [0, 0.05) is 0 Å². The van der Waals surface area contributed by atoms with Crippen molar-refractivity contribution >= 4 is 5.97 Å². The maximum Gasteiger partial charge on any atom is 0.342 e. The fourth-order valence-electron chi connectivity index (χ4n) is 1.65. The van der Waals surface area contributed by atoms with Crippen LogP contribution in [0.1, 0.15) is 29.7 Å². The highest BCUT2D eigenvalue weighted by Gasteiger charge is 2.28. The van der Waals surface area contributed by atoms with Crippen LogP contribution >= 0.6 is 0 Å². The number of carbonyl (C=O) groups excluding carboxylic acids is 1. The molecule has 0 saturated carbocycles. The van der Waals surface area contributed by atoms with E-state index in [2.05, 4.69) is 4.74 Å². The van der Waals surface area contributed by atoms with Gasteiger partial charge in [-0.15, -0.1) is 0 Å². The van der Waals surface area contributed by atoms with Crippen LogP contribution in [0.2, 0.25) is 0 Å². The lowest BCUT2D eigenvalue weighted by Gasteiger charge is -2.18. The molecule has 0 saturated heterocycles. The molecule has 0 aromatic heterocycles. The highest BCUT2D eigenvalue weighted by molar-refractivity contribution is 5.75. The first-order chi connectivity index (χ1) is 7.97. The number of benzene rings is 1. The first kappa shape index (κ1) is 13.6. The molecule has 0 radical (unpaired) electrons. The molecule has 0 spiro atoms. The third-order valence-corrected chi connectivity index (χ3v) is 2.62. The number of nitrogens with two attached hydrogens (primary N) is 1. The lowest BCUT2D eigenvalue weighted by Crippen LogP contribution is -2.32. The average molecular weight is 239 g/mol. The lowest BCUT2D eigenvalue weighted by molar-refractivity contribution is -0.149. The Bertz CT molecular complexity index is 406. The second-order valence-corrected chi connectivity index (χ2v) is 4.04. The molecule has 0 bridgehead atoms. The van der Waals surface area contributed by atoms with E-state index in [1.165, 1.54) is 0 Å². The molecule has 0 aliphatic carbocycles. The summed E-state index contributed by atoms with van der Waals surface area (Å²) in [6.45, 7) is 5.52. The van der Waals surface area contributed by atoms with Crippen LogP contribution in [0, 0.1) is 13.8 Å². The van der Waals surface area contributed by atoms with Crippen molar-refractivity contribution in [3.63, 3.8) is 0 Å². The second kappa shape index (κ2) is 5.77. The van der Waals surface area contributed by atoms with Gasteiger partial charge in [-0.2, -0.15) is 0 Å². The van der Waals surface area contributed by atoms with Crippen molar-refractivity contribution in [2.24, 2.45) is 5.73 Å². The molecule has 1 rings (SSSR count). The van der Waals surface area contributed by atoms with Gasteiger partial charge in [-0.25, -0.2) is 9.18 Å². The molecular weight excluding hydrogens is 221 g/mol. The van der Waals surface area contributed by atoms with Gasteiger partial charge in [0.05, 0.1) is 12.6 Å². The first-order valence-corrected chi connectivity index (χ1v) is 5.60. The monoisotopic (exact) mass is 239 g/mol. The van der Waals surface area contributed by atoms with E-state index in [1.807, 2.05) is 26.0 Å². The van der Waals surface area contributed by atoms with Gasteiger partial charge in [-0.05, 0) is 31.9 Å². The highest BCUT2D eigenvalue weighted by atomic mass is 19.1. The van der Waals surface area contributed by atoms with Gasteiger partial charge >= 0.3 is 5.97 Å². The Morgan fingerprint density at radius 2 is 2.12 bits per heavy atom. The molecule has 17 heavy (non-hydrogen) atoms. The standard InChI is InChI=1S/C13H18FNO2/c1-4-17-13(16)11(14)12(15)10-7-8(2)5-6-9(10)3/h5-7,11-12H,4,15H2,1-3H3/t11?,12-/m0/s1. The summed E-state index contributed by atoms with van der Waals surface area (Å²) in [5.74, 6) is -0.902. The number of alkyl halides is 1. The molecule has 2 atom stereocenters. The quantitative estimate of drug-likeness (QED) is 0.819.